The topological polar surface area (TPSA) is 69.0 Å². The summed E-state index contributed by atoms with van der Waals surface area (Å²) in [7, 11) is 1.89. The fourth-order valence-electron chi connectivity index (χ4n) is 1.47. The largest absolute Gasteiger partial charge is 0.359 e. The number of carbonyl (C=O) groups is 1. The number of hydrogen-bond acceptors (Lipinski definition) is 4. The van der Waals surface area contributed by atoms with E-state index in [9.17, 15) is 4.79 Å². The molecule has 5 nitrogen and oxygen atoms in total. The Morgan fingerprint density at radius 2 is 2.41 bits per heavy atom. The van der Waals surface area contributed by atoms with E-state index >= 15 is 0 Å². The molecule has 0 aliphatic carbocycles. The van der Waals surface area contributed by atoms with Crippen LogP contribution in [0.5, 0.6) is 0 Å². The molecule has 1 aromatic heterocycles. The van der Waals surface area contributed by atoms with Gasteiger partial charge >= 0.3 is 0 Å². The number of aromatic nitrogens is 1. The average molecular weight is 232 g/mol. The van der Waals surface area contributed by atoms with Gasteiger partial charge < -0.3 is 10.2 Å². The number of carbonyl (C=O) groups excluding carboxylic acids is 1. The first-order chi connectivity index (χ1) is 8.15. The third-order valence-corrected chi connectivity index (χ3v) is 2.31. The molecule has 1 aromatic rings. The maximum absolute atomic E-state index is 10.7. The molecule has 0 saturated carbocycles. The van der Waals surface area contributed by atoms with Gasteiger partial charge in [-0.05, 0) is 18.6 Å². The van der Waals surface area contributed by atoms with Crippen molar-refractivity contribution in [2.24, 2.45) is 0 Å². The molecular formula is C12H16N4O. The first-order valence-electron chi connectivity index (χ1n) is 5.46. The lowest BCUT2D eigenvalue weighted by Gasteiger charge is -2.18. The summed E-state index contributed by atoms with van der Waals surface area (Å²) in [5.74, 6) is 0.654. The van der Waals surface area contributed by atoms with Crippen LogP contribution in [-0.4, -0.2) is 31.0 Å². The first-order valence-corrected chi connectivity index (χ1v) is 5.46. The zero-order chi connectivity index (χ0) is 12.7. The monoisotopic (exact) mass is 232 g/mol. The van der Waals surface area contributed by atoms with Crippen LogP contribution in [0.1, 0.15) is 18.9 Å². The lowest BCUT2D eigenvalue weighted by molar-refractivity contribution is -0.118. The molecule has 0 unspecified atom stereocenters. The van der Waals surface area contributed by atoms with Crippen LogP contribution in [0.2, 0.25) is 0 Å². The van der Waals surface area contributed by atoms with Crippen molar-refractivity contribution in [3.05, 3.63) is 23.9 Å². The highest BCUT2D eigenvalue weighted by atomic mass is 16.1. The normalized spacial score (nSPS) is 9.47. The molecule has 1 rings (SSSR count). The summed E-state index contributed by atoms with van der Waals surface area (Å²) in [6.07, 6.45) is 2.48. The molecule has 0 aromatic carbocycles. The summed E-state index contributed by atoms with van der Waals surface area (Å²) in [6.45, 7) is 2.87. The van der Waals surface area contributed by atoms with Crippen LogP contribution >= 0.6 is 0 Å². The number of rotatable bonds is 5. The van der Waals surface area contributed by atoms with Crippen LogP contribution in [0.25, 0.3) is 0 Å². The number of nitrogens with zero attached hydrogens (tertiary/aromatic N) is 3. The molecule has 1 amide bonds. The summed E-state index contributed by atoms with van der Waals surface area (Å²) >= 11 is 0. The van der Waals surface area contributed by atoms with Crippen LogP contribution in [0.3, 0.4) is 0 Å². The highest BCUT2D eigenvalue weighted by molar-refractivity contribution is 5.72. The number of nitrogens with one attached hydrogen (secondary N) is 1. The third kappa shape index (κ3) is 4.11. The van der Waals surface area contributed by atoms with Crippen molar-refractivity contribution in [3.63, 3.8) is 0 Å². The van der Waals surface area contributed by atoms with Gasteiger partial charge in [-0.25, -0.2) is 4.98 Å². The van der Waals surface area contributed by atoms with Crippen molar-refractivity contribution in [2.45, 2.75) is 13.3 Å². The van der Waals surface area contributed by atoms with E-state index in [1.54, 1.807) is 18.3 Å². The van der Waals surface area contributed by atoms with Crippen molar-refractivity contribution >= 4 is 11.7 Å². The predicted octanol–water partition coefficient (Wildman–Crippen LogP) is 0.916. The Labute approximate surface area is 101 Å². The van der Waals surface area contributed by atoms with Gasteiger partial charge in [0.25, 0.3) is 0 Å². The lowest BCUT2D eigenvalue weighted by atomic mass is 10.2. The number of pyridine rings is 1. The van der Waals surface area contributed by atoms with E-state index in [-0.39, 0.29) is 5.91 Å². The van der Waals surface area contributed by atoms with Crippen molar-refractivity contribution < 1.29 is 4.79 Å². The fraction of sp³-hybridized carbons (Fsp3) is 0.417. The van der Waals surface area contributed by atoms with E-state index in [4.69, 9.17) is 5.26 Å². The van der Waals surface area contributed by atoms with Crippen molar-refractivity contribution in [2.75, 3.05) is 25.0 Å². The number of hydrogen-bond donors (Lipinski definition) is 1. The molecular weight excluding hydrogens is 216 g/mol. The minimum Gasteiger partial charge on any atom is -0.359 e. The summed E-state index contributed by atoms with van der Waals surface area (Å²) in [6, 6.07) is 5.60. The fourth-order valence-corrected chi connectivity index (χ4v) is 1.47. The van der Waals surface area contributed by atoms with E-state index < -0.39 is 0 Å². The Morgan fingerprint density at radius 3 is 3.06 bits per heavy atom. The Morgan fingerprint density at radius 1 is 1.65 bits per heavy atom. The summed E-state index contributed by atoms with van der Waals surface area (Å²) in [5.41, 5.74) is 0.564. The van der Waals surface area contributed by atoms with E-state index in [1.807, 2.05) is 11.9 Å². The van der Waals surface area contributed by atoms with Gasteiger partial charge in [0.15, 0.2) is 0 Å². The minimum atomic E-state index is -0.0248. The maximum atomic E-state index is 10.7. The van der Waals surface area contributed by atoms with Crippen LogP contribution in [-0.2, 0) is 4.79 Å². The van der Waals surface area contributed by atoms with Gasteiger partial charge in [-0.3, -0.25) is 4.79 Å². The molecule has 0 atom stereocenters. The van der Waals surface area contributed by atoms with Gasteiger partial charge in [0.2, 0.25) is 5.91 Å². The first kappa shape index (κ1) is 13.0. The third-order valence-electron chi connectivity index (χ3n) is 2.31. The molecule has 5 heteroatoms. The molecule has 0 aliphatic heterocycles. The van der Waals surface area contributed by atoms with E-state index in [1.165, 1.54) is 6.92 Å². The zero-order valence-corrected chi connectivity index (χ0v) is 10.1. The molecule has 0 saturated heterocycles. The van der Waals surface area contributed by atoms with Gasteiger partial charge in [-0.1, -0.05) is 0 Å². The van der Waals surface area contributed by atoms with E-state index in [0.717, 1.165) is 13.0 Å². The standard InChI is InChI=1S/C12H16N4O/c1-10(17)14-7-4-8-16(2)12-11(9-13)5-3-6-15-12/h3,5-6H,4,7-8H2,1-2H3,(H,14,17). The lowest BCUT2D eigenvalue weighted by Crippen LogP contribution is -2.27. The second-order valence-electron chi connectivity index (χ2n) is 3.74. The van der Waals surface area contributed by atoms with Gasteiger partial charge in [-0.15, -0.1) is 0 Å². The van der Waals surface area contributed by atoms with Crippen LogP contribution < -0.4 is 10.2 Å². The second-order valence-corrected chi connectivity index (χ2v) is 3.74. The van der Waals surface area contributed by atoms with Crippen molar-refractivity contribution in [1.29, 1.82) is 5.26 Å². The van der Waals surface area contributed by atoms with Crippen LogP contribution in [0, 0.1) is 11.3 Å². The van der Waals surface area contributed by atoms with Gasteiger partial charge in [0.1, 0.15) is 11.9 Å². The van der Waals surface area contributed by atoms with Crippen molar-refractivity contribution in [1.82, 2.24) is 10.3 Å². The minimum absolute atomic E-state index is 0.0248. The van der Waals surface area contributed by atoms with Crippen LogP contribution in [0.4, 0.5) is 5.82 Å². The van der Waals surface area contributed by atoms with Gasteiger partial charge in [-0.2, -0.15) is 5.26 Å². The highest BCUT2D eigenvalue weighted by Gasteiger charge is 2.07. The average Bonchev–Trinajstić information content (AvgIpc) is 2.34. The quantitative estimate of drug-likeness (QED) is 0.766. The molecule has 0 aliphatic rings. The van der Waals surface area contributed by atoms with E-state index in [2.05, 4.69) is 16.4 Å². The summed E-state index contributed by atoms with van der Waals surface area (Å²) in [5, 5.41) is 11.7. The molecule has 90 valence electrons. The number of anilines is 1. The Balaban J connectivity index is 2.50. The van der Waals surface area contributed by atoms with Gasteiger partial charge in [0, 0.05) is 33.3 Å². The summed E-state index contributed by atoms with van der Waals surface area (Å²) in [4.78, 5) is 16.8. The molecule has 0 bridgehead atoms. The molecule has 0 radical (unpaired) electrons. The predicted molar refractivity (Wildman–Crippen MR) is 65.5 cm³/mol. The van der Waals surface area contributed by atoms with E-state index in [0.29, 0.717) is 17.9 Å². The second kappa shape index (κ2) is 6.48. The molecule has 17 heavy (non-hydrogen) atoms. The molecule has 0 fully saturated rings. The van der Waals surface area contributed by atoms with Crippen molar-refractivity contribution in [3.8, 4) is 6.07 Å². The smallest absolute Gasteiger partial charge is 0.216 e. The zero-order valence-electron chi connectivity index (χ0n) is 10.1. The van der Waals surface area contributed by atoms with Crippen LogP contribution in [0.15, 0.2) is 18.3 Å². The maximum Gasteiger partial charge on any atom is 0.216 e. The number of amides is 1. The summed E-state index contributed by atoms with van der Waals surface area (Å²) < 4.78 is 0. The molecule has 1 heterocycles. The molecule has 0 spiro atoms. The van der Waals surface area contributed by atoms with Gasteiger partial charge in [0.05, 0.1) is 5.56 Å². The molecule has 1 N–H and O–H groups in total. The highest BCUT2D eigenvalue weighted by Crippen LogP contribution is 2.14. The number of nitriles is 1. The SMILES string of the molecule is CC(=O)NCCCN(C)c1ncccc1C#N. The Bertz CT molecular complexity index is 425. The Kier molecular flexibility index (Phi) is 4.95. The Hall–Kier alpha value is -2.09.